The predicted octanol–water partition coefficient (Wildman–Crippen LogP) is 3.66. The Morgan fingerprint density at radius 3 is 2.20 bits per heavy atom. The topological polar surface area (TPSA) is 144 Å². The minimum absolute atomic E-state index is 0.138. The summed E-state index contributed by atoms with van der Waals surface area (Å²) in [5.74, 6) is 0.244. The fraction of sp³-hybridized carbons (Fsp3) is 0.353. The maximum atomic E-state index is 13.8. The number of nitrogens with two attached hydrogens (primary N) is 1. The van der Waals surface area contributed by atoms with Crippen molar-refractivity contribution in [1.82, 2.24) is 19.5 Å². The molecule has 12 heteroatoms. The van der Waals surface area contributed by atoms with E-state index in [1.165, 1.54) is 15.9 Å². The number of aryl methyl sites for hydroxylation is 1. The molecule has 2 heterocycles. The molecule has 3 atom stereocenters. The van der Waals surface area contributed by atoms with E-state index in [1.54, 1.807) is 34.3 Å². The van der Waals surface area contributed by atoms with Gasteiger partial charge in [-0.25, -0.2) is 0 Å². The van der Waals surface area contributed by atoms with Gasteiger partial charge in [0.2, 0.25) is 0 Å². The standard InChI is InChI=1S/C34H44N5O6P/c1-24-23-39(33(41)37-32(24)40)34(31(26-12-8-6-9-13-26)27-14-10-7-11-15-27)20-29(45-46(5,35,42)38(2)3)30(44-34)22-36-21-25-16-18-28(43-4)19-17-25/h6-19,23,29-31,36,42H,20-22,35H2,1-5H3,(H,37,40,41)/t29-,30+,34-/m0/s1. The zero-order valence-corrected chi connectivity index (χ0v) is 27.8. The SMILES string of the molecule is COc1ccc(CNC[C@H]2O[C@@](C(c3ccccc3)c3ccccc3)(n3cc(C)c(=O)[nH]c3=O)C[C@@H]2OP(C)(N)(O)N(C)C)cc1. The van der Waals surface area contributed by atoms with Crippen LogP contribution in [0.25, 0.3) is 0 Å². The summed E-state index contributed by atoms with van der Waals surface area (Å²) in [7, 11) is 0.651. The van der Waals surface area contributed by atoms with E-state index in [0.29, 0.717) is 18.7 Å². The number of methoxy groups -OCH3 is 1. The molecule has 5 rings (SSSR count). The molecule has 0 radical (unpaired) electrons. The number of aromatic nitrogens is 2. The minimum atomic E-state index is -4.32. The van der Waals surface area contributed by atoms with E-state index in [1.807, 2.05) is 84.9 Å². The van der Waals surface area contributed by atoms with Crippen LogP contribution in [-0.4, -0.2) is 65.7 Å². The van der Waals surface area contributed by atoms with E-state index < -0.39 is 42.5 Å². The summed E-state index contributed by atoms with van der Waals surface area (Å²) in [6, 6.07) is 27.3. The third kappa shape index (κ3) is 7.01. The van der Waals surface area contributed by atoms with Gasteiger partial charge in [-0.3, -0.25) is 0 Å². The molecule has 1 aromatic heterocycles. The molecule has 0 aliphatic carbocycles. The van der Waals surface area contributed by atoms with E-state index in [4.69, 9.17) is 19.5 Å². The second kappa shape index (κ2) is 13.2. The fourth-order valence-electron chi connectivity index (χ4n) is 5.95. The molecule has 1 saturated heterocycles. The van der Waals surface area contributed by atoms with Crippen LogP contribution in [0.3, 0.4) is 0 Å². The Hall–Kier alpha value is -3.67. The zero-order chi connectivity index (χ0) is 33.1. The Morgan fingerprint density at radius 1 is 1.07 bits per heavy atom. The Kier molecular flexibility index (Phi) is 9.68. The molecule has 1 fully saturated rings. The third-order valence-electron chi connectivity index (χ3n) is 8.71. The number of hydrogen-bond donors (Lipinski definition) is 4. The van der Waals surface area contributed by atoms with Gasteiger partial charge >= 0.3 is 269 Å². The van der Waals surface area contributed by atoms with Gasteiger partial charge in [-0.1, -0.05) is 0 Å². The first-order chi connectivity index (χ1) is 21.8. The van der Waals surface area contributed by atoms with E-state index in [0.717, 1.165) is 22.4 Å². The van der Waals surface area contributed by atoms with Crippen molar-refractivity contribution < 1.29 is 18.9 Å². The molecule has 5 N–H and O–H groups in total. The van der Waals surface area contributed by atoms with Crippen LogP contribution in [0, 0.1) is 6.92 Å². The summed E-state index contributed by atoms with van der Waals surface area (Å²) in [6.45, 7) is 3.99. The Balaban J connectivity index is 1.65. The quantitative estimate of drug-likeness (QED) is 0.169. The van der Waals surface area contributed by atoms with Crippen LogP contribution in [0.2, 0.25) is 0 Å². The van der Waals surface area contributed by atoms with Gasteiger partial charge in [0.05, 0.1) is 0 Å². The summed E-state index contributed by atoms with van der Waals surface area (Å²) >= 11 is 0. The van der Waals surface area contributed by atoms with Gasteiger partial charge < -0.3 is 0 Å². The molecule has 0 unspecified atom stereocenters. The van der Waals surface area contributed by atoms with Gasteiger partial charge in [0.1, 0.15) is 0 Å². The molecule has 0 saturated carbocycles. The van der Waals surface area contributed by atoms with E-state index in [2.05, 4.69) is 10.3 Å². The first kappa shape index (κ1) is 33.7. The number of H-pyrrole nitrogens is 1. The molecule has 0 bridgehead atoms. The molecule has 4 aromatic rings. The molecular formula is C34H44N5O6P. The van der Waals surface area contributed by atoms with Gasteiger partial charge in [0.25, 0.3) is 0 Å². The van der Waals surface area contributed by atoms with Crippen LogP contribution in [-0.2, 0) is 21.5 Å². The number of benzene rings is 3. The van der Waals surface area contributed by atoms with Crippen LogP contribution >= 0.6 is 7.36 Å². The number of rotatable bonds is 12. The van der Waals surface area contributed by atoms with Crippen molar-refractivity contribution in [3.8, 4) is 5.75 Å². The van der Waals surface area contributed by atoms with Crippen molar-refractivity contribution in [2.45, 2.75) is 43.7 Å². The number of hydrogen-bond acceptors (Lipinski definition) is 9. The molecule has 1 aliphatic heterocycles. The van der Waals surface area contributed by atoms with Gasteiger partial charge in [-0.15, -0.1) is 0 Å². The Bertz CT molecular complexity index is 1700. The van der Waals surface area contributed by atoms with E-state index in [-0.39, 0.29) is 6.42 Å². The van der Waals surface area contributed by atoms with Gasteiger partial charge in [-0.2, -0.15) is 0 Å². The van der Waals surface area contributed by atoms with Gasteiger partial charge in [0, 0.05) is 0 Å². The monoisotopic (exact) mass is 649 g/mol. The van der Waals surface area contributed by atoms with E-state index in [9.17, 15) is 14.5 Å². The number of nitrogens with one attached hydrogen (secondary N) is 2. The van der Waals surface area contributed by atoms with Crippen molar-refractivity contribution in [3.63, 3.8) is 0 Å². The third-order valence-corrected chi connectivity index (χ3v) is 11.4. The van der Waals surface area contributed by atoms with Crippen molar-refractivity contribution in [2.24, 2.45) is 5.50 Å². The van der Waals surface area contributed by atoms with Crippen LogP contribution in [0.1, 0.15) is 34.6 Å². The van der Waals surface area contributed by atoms with Crippen LogP contribution in [0.4, 0.5) is 0 Å². The van der Waals surface area contributed by atoms with Gasteiger partial charge in [-0.05, 0) is 0 Å². The summed E-state index contributed by atoms with van der Waals surface area (Å²) in [6.07, 6.45) is 0.268. The summed E-state index contributed by atoms with van der Waals surface area (Å²) < 4.78 is 21.9. The average molecular weight is 650 g/mol. The van der Waals surface area contributed by atoms with Gasteiger partial charge in [0.15, 0.2) is 0 Å². The molecular weight excluding hydrogens is 605 g/mol. The number of aromatic amines is 1. The van der Waals surface area contributed by atoms with Crippen LogP contribution in [0.15, 0.2) is 101 Å². The van der Waals surface area contributed by atoms with Crippen molar-refractivity contribution >= 4 is 7.36 Å². The van der Waals surface area contributed by atoms with Crippen molar-refractivity contribution in [2.75, 3.05) is 34.4 Å². The molecule has 0 amide bonds. The first-order valence-corrected chi connectivity index (χ1v) is 17.8. The van der Waals surface area contributed by atoms with Crippen LogP contribution in [0.5, 0.6) is 5.75 Å². The summed E-state index contributed by atoms with van der Waals surface area (Å²) in [5, 5.41) is 3.47. The molecule has 11 nitrogen and oxygen atoms in total. The second-order valence-electron chi connectivity index (χ2n) is 12.3. The predicted molar refractivity (Wildman–Crippen MR) is 181 cm³/mol. The van der Waals surface area contributed by atoms with Crippen molar-refractivity contribution in [1.29, 1.82) is 0 Å². The van der Waals surface area contributed by atoms with Crippen LogP contribution < -0.4 is 26.8 Å². The Labute approximate surface area is 269 Å². The van der Waals surface area contributed by atoms with E-state index >= 15 is 0 Å². The number of nitrogens with zero attached hydrogens (tertiary/aromatic N) is 2. The zero-order valence-electron chi connectivity index (χ0n) is 26.9. The average Bonchev–Trinajstić information content (AvgIpc) is 3.37. The first-order valence-electron chi connectivity index (χ1n) is 15.2. The molecule has 46 heavy (non-hydrogen) atoms. The number of ether oxygens (including phenoxy) is 2. The maximum absolute atomic E-state index is 13.8. The molecule has 0 spiro atoms. The summed E-state index contributed by atoms with van der Waals surface area (Å²) in [4.78, 5) is 40.4. The molecule has 3 aromatic carbocycles. The summed E-state index contributed by atoms with van der Waals surface area (Å²) in [5.41, 5.74) is 7.28. The van der Waals surface area contributed by atoms with Crippen molar-refractivity contribution in [3.05, 3.63) is 134 Å². The molecule has 1 aliphatic rings. The molecule has 246 valence electrons. The normalized spacial score (nSPS) is 20.9. The Morgan fingerprint density at radius 2 is 1.65 bits per heavy atom. The second-order valence-corrected chi connectivity index (χ2v) is 16.2. The fourth-order valence-corrected chi connectivity index (χ4v) is 7.02.